The van der Waals surface area contributed by atoms with Crippen molar-refractivity contribution in [3.63, 3.8) is 0 Å². The van der Waals surface area contributed by atoms with Crippen molar-refractivity contribution in [2.45, 2.75) is 13.8 Å². The molecule has 0 saturated carbocycles. The van der Waals surface area contributed by atoms with Gasteiger partial charge in [0.2, 0.25) is 5.91 Å². The predicted octanol–water partition coefficient (Wildman–Crippen LogP) is 3.10. The van der Waals surface area contributed by atoms with Gasteiger partial charge < -0.3 is 15.0 Å². The van der Waals surface area contributed by atoms with Crippen LogP contribution in [0.1, 0.15) is 22.8 Å². The van der Waals surface area contributed by atoms with E-state index in [1.165, 1.54) is 4.90 Å². The molecule has 0 bridgehead atoms. The van der Waals surface area contributed by atoms with Gasteiger partial charge in [0.05, 0.1) is 7.11 Å². The summed E-state index contributed by atoms with van der Waals surface area (Å²) in [6.07, 6.45) is 0. The highest BCUT2D eigenvalue weighted by atomic mass is 16.5. The molecule has 1 N–H and O–H groups in total. The minimum Gasteiger partial charge on any atom is -0.497 e. The third-order valence-corrected chi connectivity index (χ3v) is 3.64. The second-order valence-corrected chi connectivity index (χ2v) is 5.47. The van der Waals surface area contributed by atoms with E-state index in [0.29, 0.717) is 17.8 Å². The lowest BCUT2D eigenvalue weighted by atomic mass is 10.1. The summed E-state index contributed by atoms with van der Waals surface area (Å²) in [6.45, 7) is 4.26. The minimum absolute atomic E-state index is 0.00923. The zero-order chi connectivity index (χ0) is 17.5. The quantitative estimate of drug-likeness (QED) is 0.887. The first-order valence-electron chi connectivity index (χ1n) is 7.83. The van der Waals surface area contributed by atoms with Crippen molar-refractivity contribution in [2.75, 3.05) is 25.5 Å². The number of rotatable bonds is 6. The molecule has 0 fully saturated rings. The molecule has 0 aliphatic heterocycles. The average Bonchev–Trinajstić information content (AvgIpc) is 2.59. The molecule has 0 atom stereocenters. The lowest BCUT2D eigenvalue weighted by molar-refractivity contribution is -0.116. The average molecular weight is 326 g/mol. The van der Waals surface area contributed by atoms with Crippen molar-refractivity contribution in [2.24, 2.45) is 0 Å². The van der Waals surface area contributed by atoms with Crippen LogP contribution in [0.5, 0.6) is 5.75 Å². The fourth-order valence-corrected chi connectivity index (χ4v) is 2.34. The minimum atomic E-state index is -0.233. The molecule has 5 heteroatoms. The number of anilines is 1. The van der Waals surface area contributed by atoms with Gasteiger partial charge in [-0.05, 0) is 50.2 Å². The molecule has 2 aromatic carbocycles. The highest BCUT2D eigenvalue weighted by Crippen LogP contribution is 2.15. The summed E-state index contributed by atoms with van der Waals surface area (Å²) in [7, 11) is 1.59. The van der Waals surface area contributed by atoms with Gasteiger partial charge in [0.25, 0.3) is 5.91 Å². The fourth-order valence-electron chi connectivity index (χ4n) is 2.34. The van der Waals surface area contributed by atoms with Crippen LogP contribution >= 0.6 is 0 Å². The summed E-state index contributed by atoms with van der Waals surface area (Å²) in [4.78, 5) is 26.3. The molecule has 5 nitrogen and oxygen atoms in total. The van der Waals surface area contributed by atoms with Crippen LogP contribution in [0, 0.1) is 6.92 Å². The van der Waals surface area contributed by atoms with Gasteiger partial charge in [0.15, 0.2) is 0 Å². The first-order valence-corrected chi connectivity index (χ1v) is 7.83. The third kappa shape index (κ3) is 4.59. The molecular formula is C19H22N2O3. The SMILES string of the molecule is CCN(CC(=O)Nc1ccc(OC)cc1)C(=O)c1cccc(C)c1. The fraction of sp³-hybridized carbons (Fsp3) is 0.263. The number of hydrogen-bond donors (Lipinski definition) is 1. The van der Waals surface area contributed by atoms with E-state index >= 15 is 0 Å². The van der Waals surface area contributed by atoms with Gasteiger partial charge in [-0.25, -0.2) is 0 Å². The Morgan fingerprint density at radius 1 is 1.12 bits per heavy atom. The second kappa shape index (κ2) is 8.15. The normalized spacial score (nSPS) is 10.1. The molecule has 0 aromatic heterocycles. The zero-order valence-corrected chi connectivity index (χ0v) is 14.2. The highest BCUT2D eigenvalue weighted by molar-refractivity contribution is 5.99. The lowest BCUT2D eigenvalue weighted by Gasteiger charge is -2.20. The number of hydrogen-bond acceptors (Lipinski definition) is 3. The first-order chi connectivity index (χ1) is 11.5. The van der Waals surface area contributed by atoms with Crippen LogP contribution in [0.25, 0.3) is 0 Å². The molecule has 0 aliphatic carbocycles. The van der Waals surface area contributed by atoms with E-state index in [-0.39, 0.29) is 18.4 Å². The predicted molar refractivity (Wildman–Crippen MR) is 94.4 cm³/mol. The van der Waals surface area contributed by atoms with Gasteiger partial charge >= 0.3 is 0 Å². The number of ether oxygens (including phenoxy) is 1. The molecule has 2 rings (SSSR count). The molecule has 0 spiro atoms. The summed E-state index contributed by atoms with van der Waals surface area (Å²) in [5.74, 6) is 0.340. The monoisotopic (exact) mass is 326 g/mol. The Hall–Kier alpha value is -2.82. The Labute approximate surface area is 142 Å². The molecule has 0 heterocycles. The van der Waals surface area contributed by atoms with Crippen molar-refractivity contribution in [3.05, 3.63) is 59.7 Å². The summed E-state index contributed by atoms with van der Waals surface area (Å²) >= 11 is 0. The van der Waals surface area contributed by atoms with Crippen LogP contribution in [0.2, 0.25) is 0 Å². The van der Waals surface area contributed by atoms with Gasteiger partial charge in [-0.1, -0.05) is 17.7 Å². The molecule has 24 heavy (non-hydrogen) atoms. The van der Waals surface area contributed by atoms with E-state index in [9.17, 15) is 9.59 Å². The number of benzene rings is 2. The Bertz CT molecular complexity index is 711. The van der Waals surface area contributed by atoms with Crippen LogP contribution in [0.15, 0.2) is 48.5 Å². The van der Waals surface area contributed by atoms with E-state index in [0.717, 1.165) is 11.3 Å². The van der Waals surface area contributed by atoms with E-state index in [1.807, 2.05) is 32.0 Å². The van der Waals surface area contributed by atoms with Crippen LogP contribution in [0.4, 0.5) is 5.69 Å². The van der Waals surface area contributed by atoms with Crippen molar-refractivity contribution in [3.8, 4) is 5.75 Å². The Kier molecular flexibility index (Phi) is 5.95. The highest BCUT2D eigenvalue weighted by Gasteiger charge is 2.17. The first kappa shape index (κ1) is 17.5. The topological polar surface area (TPSA) is 58.6 Å². The van der Waals surface area contributed by atoms with Crippen molar-refractivity contribution in [1.29, 1.82) is 0 Å². The Balaban J connectivity index is 2.00. The van der Waals surface area contributed by atoms with Crippen molar-refractivity contribution in [1.82, 2.24) is 4.90 Å². The number of likely N-dealkylation sites (N-methyl/N-ethyl adjacent to an activating group) is 1. The Morgan fingerprint density at radius 3 is 2.42 bits per heavy atom. The van der Waals surface area contributed by atoms with E-state index in [2.05, 4.69) is 5.32 Å². The summed E-state index contributed by atoms with van der Waals surface area (Å²) < 4.78 is 5.08. The van der Waals surface area contributed by atoms with E-state index < -0.39 is 0 Å². The van der Waals surface area contributed by atoms with Gasteiger partial charge in [-0.15, -0.1) is 0 Å². The number of aryl methyl sites for hydroxylation is 1. The molecule has 0 unspecified atom stereocenters. The van der Waals surface area contributed by atoms with Crippen LogP contribution < -0.4 is 10.1 Å². The van der Waals surface area contributed by atoms with Crippen molar-refractivity contribution >= 4 is 17.5 Å². The number of nitrogens with zero attached hydrogens (tertiary/aromatic N) is 1. The summed E-state index contributed by atoms with van der Waals surface area (Å²) in [6, 6.07) is 14.4. The maximum Gasteiger partial charge on any atom is 0.254 e. The second-order valence-electron chi connectivity index (χ2n) is 5.47. The largest absolute Gasteiger partial charge is 0.497 e. The molecule has 0 aliphatic rings. The molecule has 0 saturated heterocycles. The molecule has 126 valence electrons. The van der Waals surface area contributed by atoms with E-state index in [4.69, 9.17) is 4.74 Å². The number of amides is 2. The summed E-state index contributed by atoms with van der Waals surface area (Å²) in [5, 5.41) is 2.79. The number of carbonyl (C=O) groups is 2. The van der Waals surface area contributed by atoms with E-state index in [1.54, 1.807) is 37.4 Å². The van der Waals surface area contributed by atoms with Gasteiger partial charge in [0.1, 0.15) is 12.3 Å². The maximum absolute atomic E-state index is 12.5. The van der Waals surface area contributed by atoms with Gasteiger partial charge in [0, 0.05) is 17.8 Å². The Morgan fingerprint density at radius 2 is 1.83 bits per heavy atom. The standard InChI is InChI=1S/C19H22N2O3/c1-4-21(19(23)15-7-5-6-14(2)12-15)13-18(22)20-16-8-10-17(24-3)11-9-16/h5-12H,4,13H2,1-3H3,(H,20,22). The zero-order valence-electron chi connectivity index (χ0n) is 14.2. The van der Waals surface area contributed by atoms with Gasteiger partial charge in [-0.2, -0.15) is 0 Å². The maximum atomic E-state index is 12.5. The molecular weight excluding hydrogens is 304 g/mol. The number of nitrogens with one attached hydrogen (secondary N) is 1. The van der Waals surface area contributed by atoms with Gasteiger partial charge in [-0.3, -0.25) is 9.59 Å². The van der Waals surface area contributed by atoms with Crippen LogP contribution in [-0.4, -0.2) is 36.9 Å². The number of carbonyl (C=O) groups excluding carboxylic acids is 2. The van der Waals surface area contributed by atoms with Crippen LogP contribution in [0.3, 0.4) is 0 Å². The third-order valence-electron chi connectivity index (χ3n) is 3.64. The summed E-state index contributed by atoms with van der Waals surface area (Å²) in [5.41, 5.74) is 2.27. The van der Waals surface area contributed by atoms with Crippen LogP contribution in [-0.2, 0) is 4.79 Å². The molecule has 2 amide bonds. The lowest BCUT2D eigenvalue weighted by Crippen LogP contribution is -2.37. The number of methoxy groups -OCH3 is 1. The van der Waals surface area contributed by atoms with Crippen molar-refractivity contribution < 1.29 is 14.3 Å². The molecule has 2 aromatic rings. The smallest absolute Gasteiger partial charge is 0.254 e. The molecule has 0 radical (unpaired) electrons.